The van der Waals surface area contributed by atoms with Crippen molar-refractivity contribution in [2.75, 3.05) is 16.4 Å². The van der Waals surface area contributed by atoms with Gasteiger partial charge in [0.2, 0.25) is 17.8 Å². The first-order valence-corrected chi connectivity index (χ1v) is 12.7. The summed E-state index contributed by atoms with van der Waals surface area (Å²) in [4.78, 5) is 9.68. The van der Waals surface area contributed by atoms with Crippen LogP contribution in [-0.4, -0.2) is 53.9 Å². The summed E-state index contributed by atoms with van der Waals surface area (Å²) in [6, 6.07) is 6.97. The number of benzene rings is 2. The molecule has 18 heteroatoms. The predicted molar refractivity (Wildman–Crippen MR) is 113 cm³/mol. The van der Waals surface area contributed by atoms with Gasteiger partial charge in [0.25, 0.3) is 30.4 Å². The third-order valence-electron chi connectivity index (χ3n) is 3.83. The van der Waals surface area contributed by atoms with Gasteiger partial charge < -0.3 is 16.4 Å². The molecule has 2 aromatic carbocycles. The van der Waals surface area contributed by atoms with Crippen molar-refractivity contribution in [1.82, 2.24) is 15.0 Å². The summed E-state index contributed by atoms with van der Waals surface area (Å²) in [6.07, 6.45) is 0. The summed E-state index contributed by atoms with van der Waals surface area (Å²) in [6.45, 7) is 0. The minimum atomic E-state index is -4.83. The van der Waals surface area contributed by atoms with Gasteiger partial charge in [-0.1, -0.05) is 0 Å². The third-order valence-corrected chi connectivity index (χ3v) is 6.46. The Kier molecular flexibility index (Phi) is 6.24. The number of aromatic nitrogens is 3. The highest BCUT2D eigenvalue weighted by molar-refractivity contribution is 7.86. The first kappa shape index (κ1) is 24.2. The maximum absolute atomic E-state index is 11.6. The van der Waals surface area contributed by atoms with E-state index in [0.29, 0.717) is 0 Å². The summed E-state index contributed by atoms with van der Waals surface area (Å²) in [7, 11) is -13.9. The molecule has 1 heterocycles. The molecule has 176 valence electrons. The average Bonchev–Trinajstić information content (AvgIpc) is 2.65. The van der Waals surface area contributed by atoms with Crippen LogP contribution in [0.2, 0.25) is 0 Å². The zero-order valence-corrected chi connectivity index (χ0v) is 18.4. The van der Waals surface area contributed by atoms with Gasteiger partial charge in [0.1, 0.15) is 4.90 Å². The predicted octanol–water partition coefficient (Wildman–Crippen LogP) is 0.681. The molecule has 0 bridgehead atoms. The van der Waals surface area contributed by atoms with Gasteiger partial charge in [0.15, 0.2) is 0 Å². The number of anilines is 5. The number of nitrogens with zero attached hydrogens (tertiary/aromatic N) is 3. The molecule has 0 atom stereocenters. The van der Waals surface area contributed by atoms with Gasteiger partial charge in [-0.3, -0.25) is 13.7 Å². The van der Waals surface area contributed by atoms with E-state index in [1.54, 1.807) is 0 Å². The molecule has 7 N–H and O–H groups in total. The zero-order chi connectivity index (χ0) is 24.6. The van der Waals surface area contributed by atoms with Crippen molar-refractivity contribution in [2.24, 2.45) is 0 Å². The topological polar surface area (TPSA) is 252 Å². The lowest BCUT2D eigenvalue weighted by molar-refractivity contribution is 0.479. The summed E-state index contributed by atoms with van der Waals surface area (Å²) in [5.41, 5.74) is 5.38. The van der Waals surface area contributed by atoms with Gasteiger partial charge in [0.05, 0.1) is 15.5 Å². The van der Waals surface area contributed by atoms with Crippen LogP contribution >= 0.6 is 0 Å². The van der Waals surface area contributed by atoms with E-state index in [1.807, 2.05) is 0 Å². The van der Waals surface area contributed by atoms with Gasteiger partial charge >= 0.3 is 0 Å². The Morgan fingerprint density at radius 1 is 0.667 bits per heavy atom. The van der Waals surface area contributed by atoms with E-state index in [1.165, 1.54) is 12.1 Å². The fourth-order valence-corrected chi connectivity index (χ4v) is 4.07. The third kappa shape index (κ3) is 6.09. The lowest BCUT2D eigenvalue weighted by Crippen LogP contribution is -2.10. The molecule has 1 aromatic heterocycles. The summed E-state index contributed by atoms with van der Waals surface area (Å²) < 4.78 is 95.9. The molecule has 0 spiro atoms. The second kappa shape index (κ2) is 8.50. The summed E-state index contributed by atoms with van der Waals surface area (Å²) in [5, 5.41) is 5.05. The Hall–Kier alpha value is -3.42. The fourth-order valence-electron chi connectivity index (χ4n) is 2.46. The van der Waals surface area contributed by atoms with E-state index < -0.39 is 45.8 Å². The molecule has 0 saturated carbocycles. The smallest absolute Gasteiger partial charge is 0.296 e. The number of nitrogens with two attached hydrogens (primary N) is 1. The van der Waals surface area contributed by atoms with Gasteiger partial charge in [-0.05, 0) is 42.5 Å². The quantitative estimate of drug-likeness (QED) is 0.235. The van der Waals surface area contributed by atoms with E-state index >= 15 is 0 Å². The number of hydrogen-bond donors (Lipinski definition) is 6. The Bertz CT molecular complexity index is 1540. The van der Waals surface area contributed by atoms with Crippen molar-refractivity contribution in [3.8, 4) is 0 Å². The van der Waals surface area contributed by atoms with Crippen molar-refractivity contribution >= 4 is 59.6 Å². The lowest BCUT2D eigenvalue weighted by atomic mass is 10.3. The van der Waals surface area contributed by atoms with E-state index in [4.69, 9.17) is 10.3 Å². The number of nitrogens with one attached hydrogen (secondary N) is 2. The molecule has 0 amide bonds. The maximum Gasteiger partial charge on any atom is 0.296 e. The average molecular weight is 519 g/mol. The minimum absolute atomic E-state index is 0.191. The van der Waals surface area contributed by atoms with Crippen LogP contribution < -0.4 is 16.4 Å². The molecule has 0 saturated heterocycles. The maximum atomic E-state index is 11.6. The Labute approximate surface area is 187 Å². The van der Waals surface area contributed by atoms with Crippen LogP contribution in [0.4, 0.5) is 29.2 Å². The molecule has 15 nitrogen and oxygen atoms in total. The van der Waals surface area contributed by atoms with Crippen molar-refractivity contribution in [1.29, 1.82) is 0 Å². The van der Waals surface area contributed by atoms with E-state index in [9.17, 15) is 34.4 Å². The molecule has 33 heavy (non-hydrogen) atoms. The molecule has 3 aromatic rings. The summed E-state index contributed by atoms with van der Waals surface area (Å²) >= 11 is 0. The molecule has 0 radical (unpaired) electrons. The number of nitrogen functional groups attached to an aromatic ring is 1. The molecule has 0 aliphatic rings. The van der Waals surface area contributed by atoms with Crippen molar-refractivity contribution < 1.29 is 38.9 Å². The van der Waals surface area contributed by atoms with Crippen LogP contribution in [-0.2, 0) is 30.4 Å². The Morgan fingerprint density at radius 2 is 1.18 bits per heavy atom. The van der Waals surface area contributed by atoms with Crippen LogP contribution in [0.15, 0.2) is 57.2 Å². The van der Waals surface area contributed by atoms with E-state index in [2.05, 4.69) is 25.6 Å². The highest BCUT2D eigenvalue weighted by Crippen LogP contribution is 2.27. The first-order valence-electron chi connectivity index (χ1n) is 8.35. The van der Waals surface area contributed by atoms with Crippen molar-refractivity contribution in [2.45, 2.75) is 14.7 Å². The van der Waals surface area contributed by atoms with Crippen molar-refractivity contribution in [3.05, 3.63) is 42.5 Å². The van der Waals surface area contributed by atoms with Crippen LogP contribution in [0.1, 0.15) is 0 Å². The van der Waals surface area contributed by atoms with Crippen molar-refractivity contribution in [3.63, 3.8) is 0 Å². The molecule has 0 aliphatic heterocycles. The van der Waals surface area contributed by atoms with Crippen LogP contribution in [0.3, 0.4) is 0 Å². The molecule has 0 aliphatic carbocycles. The monoisotopic (exact) mass is 518 g/mol. The number of rotatable bonds is 7. The Morgan fingerprint density at radius 3 is 1.70 bits per heavy atom. The van der Waals surface area contributed by atoms with Gasteiger partial charge in [-0.25, -0.2) is 0 Å². The SMILES string of the molecule is Nc1nc(Nc2ccc(S(=O)(=O)O)cc2)nc(Nc2cc(S(=O)(=O)O)ccc2S(=O)(=O)O)n1. The molecular weight excluding hydrogens is 504 g/mol. The molecular formula is C15H14N6O9S3. The normalized spacial score (nSPS) is 12.3. The zero-order valence-electron chi connectivity index (χ0n) is 16.0. The second-order valence-corrected chi connectivity index (χ2v) is 10.4. The number of hydrogen-bond acceptors (Lipinski definition) is 12. The van der Waals surface area contributed by atoms with Gasteiger partial charge in [0, 0.05) is 5.69 Å². The van der Waals surface area contributed by atoms with E-state index in [0.717, 1.165) is 30.3 Å². The standard InChI is InChI=1S/C15H14N6O9S3/c16-13-19-14(17-8-1-3-9(4-2-8)31(22,23)24)21-15(20-13)18-11-7-10(32(25,26)27)5-6-12(11)33(28,29)30/h1-7H,(H,22,23,24)(H,25,26,27)(H,28,29,30)(H4,16,17,18,19,20,21). The lowest BCUT2D eigenvalue weighted by Gasteiger charge is -2.12. The van der Waals surface area contributed by atoms with Crippen LogP contribution in [0.5, 0.6) is 0 Å². The highest BCUT2D eigenvalue weighted by atomic mass is 32.2. The minimum Gasteiger partial charge on any atom is -0.368 e. The first-order chi connectivity index (χ1) is 15.1. The highest BCUT2D eigenvalue weighted by Gasteiger charge is 2.21. The van der Waals surface area contributed by atoms with Gasteiger partial charge in [-0.15, -0.1) is 0 Å². The molecule has 0 unspecified atom stereocenters. The van der Waals surface area contributed by atoms with Crippen LogP contribution in [0.25, 0.3) is 0 Å². The van der Waals surface area contributed by atoms with Crippen LogP contribution in [0, 0.1) is 0 Å². The molecule has 3 rings (SSSR count). The summed E-state index contributed by atoms with van der Waals surface area (Å²) in [5.74, 6) is -0.926. The fraction of sp³-hybridized carbons (Fsp3) is 0. The van der Waals surface area contributed by atoms with E-state index in [-0.39, 0.29) is 28.4 Å². The van der Waals surface area contributed by atoms with Gasteiger partial charge in [-0.2, -0.15) is 40.2 Å². The largest absolute Gasteiger partial charge is 0.368 e. The molecule has 0 fully saturated rings. The Balaban J connectivity index is 1.98. The second-order valence-electron chi connectivity index (χ2n) is 6.20.